The molecular formula is C21H24N2O3S. The average Bonchev–Trinajstić information content (AvgIpc) is 3.16. The first-order valence-corrected chi connectivity index (χ1v) is 10.4. The molecule has 2 aliphatic heterocycles. The fraction of sp³-hybridized carbons (Fsp3) is 0.429. The summed E-state index contributed by atoms with van der Waals surface area (Å²) in [6.45, 7) is 2.27. The smallest absolute Gasteiger partial charge is 0.307 e. The SMILES string of the molecule is O=C(O)C1CCCN(CC(=O)N2CCc3sccc3C2c2ccccc2)C1. The minimum Gasteiger partial charge on any atom is -0.481 e. The maximum atomic E-state index is 13.2. The molecule has 6 heteroatoms. The van der Waals surface area contributed by atoms with Crippen LogP contribution >= 0.6 is 11.3 Å². The number of carbonyl (C=O) groups excluding carboxylic acids is 1. The van der Waals surface area contributed by atoms with E-state index in [9.17, 15) is 14.7 Å². The van der Waals surface area contributed by atoms with Gasteiger partial charge >= 0.3 is 5.97 Å². The van der Waals surface area contributed by atoms with Crippen LogP contribution in [0.25, 0.3) is 0 Å². The minimum atomic E-state index is -0.754. The van der Waals surface area contributed by atoms with E-state index in [0.29, 0.717) is 26.1 Å². The lowest BCUT2D eigenvalue weighted by molar-refractivity contribution is -0.145. The number of rotatable bonds is 4. The summed E-state index contributed by atoms with van der Waals surface area (Å²) >= 11 is 1.76. The van der Waals surface area contributed by atoms with Crippen LogP contribution < -0.4 is 0 Å². The van der Waals surface area contributed by atoms with Gasteiger partial charge < -0.3 is 10.0 Å². The van der Waals surface area contributed by atoms with E-state index in [1.807, 2.05) is 28.0 Å². The fourth-order valence-corrected chi connectivity index (χ4v) is 5.17. The highest BCUT2D eigenvalue weighted by molar-refractivity contribution is 7.10. The van der Waals surface area contributed by atoms with Gasteiger partial charge in [-0.3, -0.25) is 14.5 Å². The van der Waals surface area contributed by atoms with Crippen LogP contribution in [0.2, 0.25) is 0 Å². The fourth-order valence-electron chi connectivity index (χ4n) is 4.26. The van der Waals surface area contributed by atoms with Crippen LogP contribution in [0.4, 0.5) is 0 Å². The standard InChI is InChI=1S/C21H24N2O3S/c24-19(14-22-10-4-7-16(13-22)21(25)26)23-11-8-18-17(9-12-27-18)20(23)15-5-2-1-3-6-15/h1-3,5-6,9,12,16,20H,4,7-8,10-11,13-14H2,(H,25,26). The Hall–Kier alpha value is -2.18. The third-order valence-electron chi connectivity index (χ3n) is 5.62. The summed E-state index contributed by atoms with van der Waals surface area (Å²) in [4.78, 5) is 29.9. The number of piperidine rings is 1. The van der Waals surface area contributed by atoms with Gasteiger partial charge in [0.05, 0.1) is 18.5 Å². The number of likely N-dealkylation sites (tertiary alicyclic amines) is 1. The third kappa shape index (κ3) is 3.77. The van der Waals surface area contributed by atoms with Crippen LogP contribution in [-0.2, 0) is 16.0 Å². The molecule has 2 aromatic rings. The van der Waals surface area contributed by atoms with Gasteiger partial charge in [0.25, 0.3) is 0 Å². The summed E-state index contributed by atoms with van der Waals surface area (Å²) in [6.07, 6.45) is 2.43. The number of aliphatic carboxylic acids is 1. The third-order valence-corrected chi connectivity index (χ3v) is 6.61. The molecule has 5 nitrogen and oxygen atoms in total. The molecule has 4 rings (SSSR count). The maximum Gasteiger partial charge on any atom is 0.307 e. The second-order valence-electron chi connectivity index (χ2n) is 7.36. The number of carboxylic acids is 1. The number of hydrogen-bond acceptors (Lipinski definition) is 4. The monoisotopic (exact) mass is 384 g/mol. The summed E-state index contributed by atoms with van der Waals surface area (Å²) in [6, 6.07) is 12.3. The van der Waals surface area contributed by atoms with Crippen molar-refractivity contribution in [3.8, 4) is 0 Å². The first-order valence-electron chi connectivity index (χ1n) is 9.49. The molecule has 0 spiro atoms. The Labute approximate surface area is 163 Å². The molecule has 0 aliphatic carbocycles. The zero-order chi connectivity index (χ0) is 18.8. The van der Waals surface area contributed by atoms with Gasteiger partial charge in [-0.2, -0.15) is 0 Å². The highest BCUT2D eigenvalue weighted by Crippen LogP contribution is 2.37. The highest BCUT2D eigenvalue weighted by Gasteiger charge is 2.34. The van der Waals surface area contributed by atoms with Gasteiger partial charge in [0.1, 0.15) is 0 Å². The molecular weight excluding hydrogens is 360 g/mol. The Bertz CT molecular complexity index is 820. The molecule has 1 aromatic carbocycles. The zero-order valence-corrected chi connectivity index (χ0v) is 16.0. The predicted molar refractivity (Wildman–Crippen MR) is 105 cm³/mol. The van der Waals surface area contributed by atoms with E-state index in [1.165, 1.54) is 10.4 Å². The van der Waals surface area contributed by atoms with Crippen LogP contribution in [0.15, 0.2) is 41.8 Å². The number of hydrogen-bond donors (Lipinski definition) is 1. The number of nitrogens with zero attached hydrogens (tertiary/aromatic N) is 2. The lowest BCUT2D eigenvalue weighted by atomic mass is 9.93. The van der Waals surface area contributed by atoms with Gasteiger partial charge in [-0.15, -0.1) is 11.3 Å². The lowest BCUT2D eigenvalue weighted by Gasteiger charge is -2.38. The number of thiophene rings is 1. The van der Waals surface area contributed by atoms with Crippen LogP contribution in [-0.4, -0.2) is 53.0 Å². The molecule has 2 unspecified atom stereocenters. The van der Waals surface area contributed by atoms with Crippen LogP contribution in [0.3, 0.4) is 0 Å². The molecule has 0 bridgehead atoms. The van der Waals surface area contributed by atoms with E-state index in [-0.39, 0.29) is 17.9 Å². The molecule has 1 N–H and O–H groups in total. The molecule has 27 heavy (non-hydrogen) atoms. The molecule has 1 fully saturated rings. The van der Waals surface area contributed by atoms with E-state index >= 15 is 0 Å². The van der Waals surface area contributed by atoms with Crippen molar-refractivity contribution in [1.29, 1.82) is 0 Å². The Morgan fingerprint density at radius 2 is 1.96 bits per heavy atom. The first-order chi connectivity index (χ1) is 13.1. The molecule has 1 aromatic heterocycles. The topological polar surface area (TPSA) is 60.9 Å². The largest absolute Gasteiger partial charge is 0.481 e. The zero-order valence-electron chi connectivity index (χ0n) is 15.2. The molecule has 142 valence electrons. The van der Waals surface area contributed by atoms with Crippen LogP contribution in [0.5, 0.6) is 0 Å². The van der Waals surface area contributed by atoms with E-state index in [4.69, 9.17) is 0 Å². The van der Waals surface area contributed by atoms with Gasteiger partial charge in [-0.1, -0.05) is 30.3 Å². The van der Waals surface area contributed by atoms with Gasteiger partial charge in [0, 0.05) is 18.0 Å². The number of amides is 1. The molecule has 1 amide bonds. The Kier molecular flexibility index (Phi) is 5.27. The Morgan fingerprint density at radius 3 is 2.74 bits per heavy atom. The molecule has 2 aliphatic rings. The molecule has 1 saturated heterocycles. The van der Waals surface area contributed by atoms with Crippen molar-refractivity contribution in [2.24, 2.45) is 5.92 Å². The van der Waals surface area contributed by atoms with Crippen LogP contribution in [0, 0.1) is 5.92 Å². The van der Waals surface area contributed by atoms with E-state index in [0.717, 1.165) is 24.9 Å². The quantitative estimate of drug-likeness (QED) is 0.880. The number of benzene rings is 1. The summed E-state index contributed by atoms with van der Waals surface area (Å²) < 4.78 is 0. The molecule has 3 heterocycles. The van der Waals surface area contributed by atoms with E-state index in [2.05, 4.69) is 23.6 Å². The summed E-state index contributed by atoms with van der Waals surface area (Å²) in [7, 11) is 0. The second-order valence-corrected chi connectivity index (χ2v) is 8.36. The molecule has 0 radical (unpaired) electrons. The van der Waals surface area contributed by atoms with Gasteiger partial charge in [0.2, 0.25) is 5.91 Å². The first kappa shape index (κ1) is 18.2. The van der Waals surface area contributed by atoms with Crippen molar-refractivity contribution in [3.05, 3.63) is 57.8 Å². The van der Waals surface area contributed by atoms with Crippen molar-refractivity contribution in [2.45, 2.75) is 25.3 Å². The minimum absolute atomic E-state index is 0.0474. The summed E-state index contributed by atoms with van der Waals surface area (Å²) in [5, 5.41) is 11.4. The van der Waals surface area contributed by atoms with Crippen molar-refractivity contribution >= 4 is 23.2 Å². The molecule has 0 saturated carbocycles. The van der Waals surface area contributed by atoms with Crippen molar-refractivity contribution < 1.29 is 14.7 Å². The highest BCUT2D eigenvalue weighted by atomic mass is 32.1. The Balaban J connectivity index is 1.54. The molecule has 2 atom stereocenters. The van der Waals surface area contributed by atoms with Crippen molar-refractivity contribution in [2.75, 3.05) is 26.2 Å². The van der Waals surface area contributed by atoms with E-state index in [1.54, 1.807) is 11.3 Å². The van der Waals surface area contributed by atoms with E-state index < -0.39 is 5.97 Å². The Morgan fingerprint density at radius 1 is 1.15 bits per heavy atom. The second kappa shape index (κ2) is 7.82. The van der Waals surface area contributed by atoms with Crippen molar-refractivity contribution in [1.82, 2.24) is 9.80 Å². The van der Waals surface area contributed by atoms with Crippen molar-refractivity contribution in [3.63, 3.8) is 0 Å². The maximum absolute atomic E-state index is 13.2. The van der Waals surface area contributed by atoms with Gasteiger partial charge in [-0.05, 0) is 48.4 Å². The number of carbonyl (C=O) groups is 2. The predicted octanol–water partition coefficient (Wildman–Crippen LogP) is 3.02. The summed E-state index contributed by atoms with van der Waals surface area (Å²) in [5.41, 5.74) is 2.36. The summed E-state index contributed by atoms with van der Waals surface area (Å²) in [5.74, 6) is -1.02. The number of carboxylic acid groups (broad SMARTS) is 1. The van der Waals surface area contributed by atoms with Gasteiger partial charge in [0.15, 0.2) is 0 Å². The normalized spacial score (nSPS) is 23.0. The number of fused-ring (bicyclic) bond motifs is 1. The average molecular weight is 385 g/mol. The van der Waals surface area contributed by atoms with Crippen LogP contribution in [0.1, 0.15) is 34.9 Å². The van der Waals surface area contributed by atoms with Gasteiger partial charge in [-0.25, -0.2) is 0 Å². The lowest BCUT2D eigenvalue weighted by Crippen LogP contribution is -2.48.